The summed E-state index contributed by atoms with van der Waals surface area (Å²) in [6.07, 6.45) is 2.12. The Morgan fingerprint density at radius 3 is 2.00 bits per heavy atom. The van der Waals surface area contributed by atoms with Crippen LogP contribution in [0.4, 0.5) is 16.2 Å². The third-order valence-corrected chi connectivity index (χ3v) is 6.71. The van der Waals surface area contributed by atoms with E-state index in [1.165, 1.54) is 5.56 Å². The molecule has 0 heterocycles. The van der Waals surface area contributed by atoms with Gasteiger partial charge in [0.05, 0.1) is 0 Å². The summed E-state index contributed by atoms with van der Waals surface area (Å²) in [6, 6.07) is 22.3. The molecule has 34 heavy (non-hydrogen) atoms. The SMILES string of the molecule is CC(C)(N)C1(c2ccc(NC(=O)C(NC(=O)Nc3ccc(Cl)cc3)c3ccccc3)cc2)CC1. The number of rotatable bonds is 7. The number of benzene rings is 3. The molecular formula is C27H29ClN4O2. The second-order valence-electron chi connectivity index (χ2n) is 9.32. The van der Waals surface area contributed by atoms with Crippen molar-refractivity contribution in [1.82, 2.24) is 5.32 Å². The van der Waals surface area contributed by atoms with Crippen LogP contribution in [0.25, 0.3) is 0 Å². The minimum Gasteiger partial charge on any atom is -0.325 e. The van der Waals surface area contributed by atoms with Gasteiger partial charge in [0, 0.05) is 27.4 Å². The molecule has 0 aliphatic heterocycles. The van der Waals surface area contributed by atoms with E-state index < -0.39 is 12.1 Å². The van der Waals surface area contributed by atoms with Crippen LogP contribution in [0.5, 0.6) is 0 Å². The molecule has 0 saturated heterocycles. The molecule has 1 fully saturated rings. The number of halogens is 1. The summed E-state index contributed by atoms with van der Waals surface area (Å²) in [5, 5.41) is 9.00. The zero-order valence-electron chi connectivity index (χ0n) is 19.3. The topological polar surface area (TPSA) is 96.2 Å². The quantitative estimate of drug-likeness (QED) is 0.357. The van der Waals surface area contributed by atoms with Crippen molar-refractivity contribution in [1.29, 1.82) is 0 Å². The van der Waals surface area contributed by atoms with Gasteiger partial charge in [-0.2, -0.15) is 0 Å². The molecule has 0 bridgehead atoms. The molecule has 0 spiro atoms. The summed E-state index contributed by atoms with van der Waals surface area (Å²) in [5.41, 5.74) is 9.17. The van der Waals surface area contributed by atoms with E-state index in [1.54, 1.807) is 36.4 Å². The normalized spacial score (nSPS) is 15.2. The number of amides is 3. The molecule has 4 rings (SSSR count). The van der Waals surface area contributed by atoms with E-state index in [-0.39, 0.29) is 16.9 Å². The monoisotopic (exact) mass is 476 g/mol. The lowest BCUT2D eigenvalue weighted by Crippen LogP contribution is -2.45. The zero-order valence-corrected chi connectivity index (χ0v) is 20.0. The standard InChI is InChI=1S/C27H29ClN4O2/c1-26(2,29)27(16-17-27)19-8-12-21(13-9-19)30-24(33)23(18-6-4-3-5-7-18)32-25(34)31-22-14-10-20(28)11-15-22/h3-15,23H,16-17,29H2,1-2H3,(H,30,33)(H2,31,32,34). The number of nitrogens with two attached hydrogens (primary N) is 1. The maximum Gasteiger partial charge on any atom is 0.320 e. The number of carbonyl (C=O) groups excluding carboxylic acids is 2. The van der Waals surface area contributed by atoms with E-state index in [4.69, 9.17) is 17.3 Å². The number of nitrogens with one attached hydrogen (secondary N) is 3. The average Bonchev–Trinajstić information content (AvgIpc) is 3.62. The van der Waals surface area contributed by atoms with Crippen LogP contribution >= 0.6 is 11.6 Å². The molecule has 1 aliphatic carbocycles. The van der Waals surface area contributed by atoms with E-state index in [1.807, 2.05) is 42.5 Å². The minimum absolute atomic E-state index is 0.0105. The van der Waals surface area contributed by atoms with Crippen molar-refractivity contribution in [3.8, 4) is 0 Å². The minimum atomic E-state index is -0.883. The van der Waals surface area contributed by atoms with Crippen molar-refractivity contribution in [3.05, 3.63) is 95.0 Å². The Morgan fingerprint density at radius 1 is 0.882 bits per heavy atom. The van der Waals surface area contributed by atoms with Gasteiger partial charge in [0.1, 0.15) is 6.04 Å². The Balaban J connectivity index is 1.48. The van der Waals surface area contributed by atoms with Gasteiger partial charge in [-0.25, -0.2) is 4.79 Å². The van der Waals surface area contributed by atoms with Crippen molar-refractivity contribution in [2.75, 3.05) is 10.6 Å². The summed E-state index contributed by atoms with van der Waals surface area (Å²) in [4.78, 5) is 25.9. The molecule has 3 amide bonds. The lowest BCUT2D eigenvalue weighted by atomic mass is 9.79. The van der Waals surface area contributed by atoms with E-state index in [9.17, 15) is 9.59 Å². The molecule has 176 valence electrons. The third kappa shape index (κ3) is 5.24. The molecule has 1 saturated carbocycles. The largest absolute Gasteiger partial charge is 0.325 e. The van der Waals surface area contributed by atoms with E-state index in [0.29, 0.717) is 22.0 Å². The molecule has 0 radical (unpaired) electrons. The fraction of sp³-hybridized carbons (Fsp3) is 0.259. The highest BCUT2D eigenvalue weighted by atomic mass is 35.5. The number of carbonyl (C=O) groups is 2. The van der Waals surface area contributed by atoms with Gasteiger partial charge >= 0.3 is 6.03 Å². The van der Waals surface area contributed by atoms with Crippen molar-refractivity contribution in [2.45, 2.75) is 43.7 Å². The molecule has 0 aromatic heterocycles. The van der Waals surface area contributed by atoms with Crippen LogP contribution in [-0.4, -0.2) is 17.5 Å². The van der Waals surface area contributed by atoms with Gasteiger partial charge in [-0.3, -0.25) is 4.79 Å². The van der Waals surface area contributed by atoms with Crippen LogP contribution in [0.1, 0.15) is 43.9 Å². The van der Waals surface area contributed by atoms with Crippen LogP contribution in [0.2, 0.25) is 5.02 Å². The molecule has 7 heteroatoms. The molecular weight excluding hydrogens is 448 g/mol. The van der Waals surface area contributed by atoms with Crippen LogP contribution in [0, 0.1) is 0 Å². The Hall–Kier alpha value is -3.35. The summed E-state index contributed by atoms with van der Waals surface area (Å²) >= 11 is 5.90. The predicted molar refractivity (Wildman–Crippen MR) is 137 cm³/mol. The molecule has 5 N–H and O–H groups in total. The summed E-state index contributed by atoms with van der Waals surface area (Å²) in [7, 11) is 0. The van der Waals surface area contributed by atoms with Gasteiger partial charge in [0.2, 0.25) is 0 Å². The predicted octanol–water partition coefficient (Wildman–Crippen LogP) is 5.61. The Bertz CT molecular complexity index is 1150. The smallest absolute Gasteiger partial charge is 0.320 e. The fourth-order valence-corrected chi connectivity index (χ4v) is 4.42. The Morgan fingerprint density at radius 2 is 1.44 bits per heavy atom. The summed E-state index contributed by atoms with van der Waals surface area (Å²) in [5.74, 6) is -0.342. The summed E-state index contributed by atoms with van der Waals surface area (Å²) in [6.45, 7) is 4.11. The first-order chi connectivity index (χ1) is 16.2. The molecule has 1 atom stereocenters. The maximum atomic E-state index is 13.2. The molecule has 3 aromatic carbocycles. The Labute approximate surface area is 204 Å². The molecule has 1 aliphatic rings. The van der Waals surface area contributed by atoms with Crippen LogP contribution < -0.4 is 21.7 Å². The number of hydrogen-bond donors (Lipinski definition) is 4. The second-order valence-corrected chi connectivity index (χ2v) is 9.76. The lowest BCUT2D eigenvalue weighted by Gasteiger charge is -2.31. The van der Waals surface area contributed by atoms with Gasteiger partial charge < -0.3 is 21.7 Å². The van der Waals surface area contributed by atoms with Crippen molar-refractivity contribution in [2.24, 2.45) is 5.73 Å². The molecule has 6 nitrogen and oxygen atoms in total. The number of urea groups is 1. The van der Waals surface area contributed by atoms with E-state index in [2.05, 4.69) is 29.8 Å². The van der Waals surface area contributed by atoms with Gasteiger partial charge in [-0.1, -0.05) is 54.1 Å². The van der Waals surface area contributed by atoms with Crippen LogP contribution in [-0.2, 0) is 10.2 Å². The van der Waals surface area contributed by atoms with Crippen LogP contribution in [0.3, 0.4) is 0 Å². The zero-order chi connectivity index (χ0) is 24.3. The first-order valence-corrected chi connectivity index (χ1v) is 11.6. The van der Waals surface area contributed by atoms with Crippen molar-refractivity contribution in [3.63, 3.8) is 0 Å². The average molecular weight is 477 g/mol. The first kappa shape index (κ1) is 23.8. The highest BCUT2D eigenvalue weighted by molar-refractivity contribution is 6.30. The maximum absolute atomic E-state index is 13.2. The second kappa shape index (κ2) is 9.49. The third-order valence-electron chi connectivity index (χ3n) is 6.46. The number of anilines is 2. The van der Waals surface area contributed by atoms with Crippen LogP contribution in [0.15, 0.2) is 78.9 Å². The van der Waals surface area contributed by atoms with E-state index in [0.717, 1.165) is 12.8 Å². The number of hydrogen-bond acceptors (Lipinski definition) is 3. The summed E-state index contributed by atoms with van der Waals surface area (Å²) < 4.78 is 0. The molecule has 3 aromatic rings. The fourth-order valence-electron chi connectivity index (χ4n) is 4.29. The highest BCUT2D eigenvalue weighted by Gasteiger charge is 2.53. The van der Waals surface area contributed by atoms with Gasteiger partial charge in [0.15, 0.2) is 0 Å². The Kier molecular flexibility index (Phi) is 6.64. The van der Waals surface area contributed by atoms with Gasteiger partial charge in [0.25, 0.3) is 5.91 Å². The van der Waals surface area contributed by atoms with E-state index >= 15 is 0 Å². The molecule has 1 unspecified atom stereocenters. The van der Waals surface area contributed by atoms with Gasteiger partial charge in [-0.15, -0.1) is 0 Å². The van der Waals surface area contributed by atoms with Crippen molar-refractivity contribution >= 4 is 34.9 Å². The lowest BCUT2D eigenvalue weighted by molar-refractivity contribution is -0.118. The van der Waals surface area contributed by atoms with Gasteiger partial charge in [-0.05, 0) is 74.2 Å². The first-order valence-electron chi connectivity index (χ1n) is 11.3. The van der Waals surface area contributed by atoms with Crippen molar-refractivity contribution < 1.29 is 9.59 Å². The highest BCUT2D eigenvalue weighted by Crippen LogP contribution is 2.54.